The Labute approximate surface area is 255 Å². The molecule has 1 fully saturated rings. The standard InChI is InChI=1S/C35H35N5O4/c41-22-21-40(35(44)26-2-1-24-15-18-36-33(24)23-26)31-13-9-28(10-14-31)37-27-5-7-29(8-6-27)38-34(43)25-3-11-30(12-4-25)39-19-16-32(42)17-20-39/h1-15,18,23,32,36-37,41-42H,16-17,19-22H2,(H,38,43). The number of piperidine rings is 1. The molecule has 5 N–H and O–H groups in total. The van der Waals surface area contributed by atoms with Gasteiger partial charge in [-0.1, -0.05) is 6.07 Å². The van der Waals surface area contributed by atoms with Crippen LogP contribution >= 0.6 is 0 Å². The molecule has 224 valence electrons. The highest BCUT2D eigenvalue weighted by Gasteiger charge is 2.19. The number of amides is 2. The Balaban J connectivity index is 1.06. The summed E-state index contributed by atoms with van der Waals surface area (Å²) in [5.41, 5.74) is 6.09. The fraction of sp³-hybridized carbons (Fsp3) is 0.200. The maximum atomic E-state index is 13.3. The van der Waals surface area contributed by atoms with Crippen LogP contribution in [-0.4, -0.2) is 59.4 Å². The minimum Gasteiger partial charge on any atom is -0.395 e. The highest BCUT2D eigenvalue weighted by molar-refractivity contribution is 6.08. The van der Waals surface area contributed by atoms with Gasteiger partial charge in [-0.3, -0.25) is 9.59 Å². The van der Waals surface area contributed by atoms with Crippen LogP contribution in [0.1, 0.15) is 33.6 Å². The number of fused-ring (bicyclic) bond motifs is 1. The third-order valence-electron chi connectivity index (χ3n) is 7.94. The summed E-state index contributed by atoms with van der Waals surface area (Å²) >= 11 is 0. The number of aromatic amines is 1. The first-order chi connectivity index (χ1) is 21.5. The van der Waals surface area contributed by atoms with Gasteiger partial charge in [-0.2, -0.15) is 0 Å². The van der Waals surface area contributed by atoms with Crippen LogP contribution in [0, 0.1) is 0 Å². The second-order valence-electron chi connectivity index (χ2n) is 10.9. The number of aliphatic hydroxyl groups excluding tert-OH is 2. The van der Waals surface area contributed by atoms with E-state index in [0.717, 1.165) is 53.9 Å². The van der Waals surface area contributed by atoms with E-state index in [1.54, 1.807) is 11.0 Å². The average molecular weight is 590 g/mol. The molecule has 2 amide bonds. The summed E-state index contributed by atoms with van der Waals surface area (Å²) in [6.07, 6.45) is 3.13. The van der Waals surface area contributed by atoms with Crippen molar-refractivity contribution in [3.63, 3.8) is 0 Å². The number of H-pyrrole nitrogens is 1. The fourth-order valence-electron chi connectivity index (χ4n) is 5.46. The second kappa shape index (κ2) is 13.0. The number of anilines is 5. The van der Waals surface area contributed by atoms with Crippen molar-refractivity contribution in [2.24, 2.45) is 0 Å². The molecule has 0 spiro atoms. The summed E-state index contributed by atoms with van der Waals surface area (Å²) in [5.74, 6) is -0.371. The number of nitrogens with zero attached hydrogens (tertiary/aromatic N) is 2. The number of rotatable bonds is 9. The first-order valence-corrected chi connectivity index (χ1v) is 14.8. The largest absolute Gasteiger partial charge is 0.395 e. The number of aromatic nitrogens is 1. The normalized spacial score (nSPS) is 13.5. The van der Waals surface area contributed by atoms with E-state index in [9.17, 15) is 19.8 Å². The highest BCUT2D eigenvalue weighted by atomic mass is 16.3. The van der Waals surface area contributed by atoms with Crippen molar-refractivity contribution in [2.75, 3.05) is 46.7 Å². The molecule has 9 nitrogen and oxygen atoms in total. The maximum absolute atomic E-state index is 13.3. The molecule has 9 heteroatoms. The van der Waals surface area contributed by atoms with E-state index in [0.29, 0.717) is 22.5 Å². The van der Waals surface area contributed by atoms with Gasteiger partial charge in [0.25, 0.3) is 11.8 Å². The number of nitrogens with one attached hydrogen (secondary N) is 3. The average Bonchev–Trinajstić information content (AvgIpc) is 3.53. The van der Waals surface area contributed by atoms with Crippen LogP contribution in [0.5, 0.6) is 0 Å². The van der Waals surface area contributed by atoms with Crippen molar-refractivity contribution in [1.82, 2.24) is 4.98 Å². The van der Waals surface area contributed by atoms with E-state index < -0.39 is 0 Å². The molecule has 1 aromatic heterocycles. The van der Waals surface area contributed by atoms with Crippen LogP contribution in [0.3, 0.4) is 0 Å². The van der Waals surface area contributed by atoms with Crippen LogP contribution in [0.25, 0.3) is 10.9 Å². The first-order valence-electron chi connectivity index (χ1n) is 14.8. The summed E-state index contributed by atoms with van der Waals surface area (Å²) in [7, 11) is 0. The molecule has 2 heterocycles. The van der Waals surface area contributed by atoms with Crippen molar-refractivity contribution in [3.8, 4) is 0 Å². The zero-order valence-corrected chi connectivity index (χ0v) is 24.2. The molecule has 0 bridgehead atoms. The van der Waals surface area contributed by atoms with Gasteiger partial charge in [-0.25, -0.2) is 0 Å². The quantitative estimate of drug-likeness (QED) is 0.149. The van der Waals surface area contributed by atoms with Crippen molar-refractivity contribution in [1.29, 1.82) is 0 Å². The fourth-order valence-corrected chi connectivity index (χ4v) is 5.46. The van der Waals surface area contributed by atoms with Gasteiger partial charge in [0.2, 0.25) is 0 Å². The van der Waals surface area contributed by atoms with Gasteiger partial charge >= 0.3 is 0 Å². The molecule has 0 saturated carbocycles. The van der Waals surface area contributed by atoms with Gasteiger partial charge in [0.1, 0.15) is 0 Å². The molecule has 1 aliphatic heterocycles. The summed E-state index contributed by atoms with van der Waals surface area (Å²) in [4.78, 5) is 33.1. The lowest BCUT2D eigenvalue weighted by Crippen LogP contribution is -2.35. The van der Waals surface area contributed by atoms with Crippen molar-refractivity contribution < 1.29 is 19.8 Å². The molecule has 5 aromatic rings. The van der Waals surface area contributed by atoms with Crippen molar-refractivity contribution >= 4 is 51.2 Å². The summed E-state index contributed by atoms with van der Waals surface area (Å²) in [6, 6.07) is 29.9. The molecule has 1 saturated heterocycles. The van der Waals surface area contributed by atoms with Gasteiger partial charge in [0.05, 0.1) is 12.7 Å². The zero-order valence-electron chi connectivity index (χ0n) is 24.2. The van der Waals surface area contributed by atoms with Crippen LogP contribution in [0.2, 0.25) is 0 Å². The molecular weight excluding hydrogens is 554 g/mol. The van der Waals surface area contributed by atoms with Crippen LogP contribution in [-0.2, 0) is 0 Å². The van der Waals surface area contributed by atoms with Gasteiger partial charge in [-0.05, 0) is 109 Å². The Morgan fingerprint density at radius 2 is 1.45 bits per heavy atom. The Hall–Kier alpha value is -5.12. The van der Waals surface area contributed by atoms with Gasteiger partial charge in [0, 0.05) is 70.9 Å². The van der Waals surface area contributed by atoms with Gasteiger partial charge in [-0.15, -0.1) is 0 Å². The molecule has 44 heavy (non-hydrogen) atoms. The van der Waals surface area contributed by atoms with E-state index in [2.05, 4.69) is 20.5 Å². The van der Waals surface area contributed by atoms with Crippen molar-refractivity contribution in [2.45, 2.75) is 18.9 Å². The summed E-state index contributed by atoms with van der Waals surface area (Å²) in [5, 5.41) is 26.7. The van der Waals surface area contributed by atoms with Gasteiger partial charge < -0.3 is 35.6 Å². The molecule has 6 rings (SSSR count). The topological polar surface area (TPSA) is 121 Å². The molecule has 0 aliphatic carbocycles. The third kappa shape index (κ3) is 6.59. The number of benzene rings is 4. The van der Waals surface area contributed by atoms with Crippen LogP contribution in [0.15, 0.2) is 103 Å². The first kappa shape index (κ1) is 29.0. The van der Waals surface area contributed by atoms with Gasteiger partial charge in [0.15, 0.2) is 0 Å². The van der Waals surface area contributed by atoms with E-state index >= 15 is 0 Å². The molecule has 4 aromatic carbocycles. The Morgan fingerprint density at radius 1 is 0.818 bits per heavy atom. The van der Waals surface area contributed by atoms with E-state index in [1.165, 1.54) is 0 Å². The predicted molar refractivity (Wildman–Crippen MR) is 175 cm³/mol. The minimum absolute atomic E-state index is 0.158. The van der Waals surface area contributed by atoms with Crippen molar-refractivity contribution in [3.05, 3.63) is 114 Å². The number of hydrogen-bond acceptors (Lipinski definition) is 6. The zero-order chi connectivity index (χ0) is 30.5. The Morgan fingerprint density at radius 3 is 2.14 bits per heavy atom. The lowest BCUT2D eigenvalue weighted by Gasteiger charge is -2.31. The molecule has 0 atom stereocenters. The highest BCUT2D eigenvalue weighted by Crippen LogP contribution is 2.25. The minimum atomic E-state index is -0.221. The van der Waals surface area contributed by atoms with Crippen LogP contribution in [0.4, 0.5) is 28.4 Å². The van der Waals surface area contributed by atoms with E-state index in [4.69, 9.17) is 0 Å². The second-order valence-corrected chi connectivity index (χ2v) is 10.9. The number of carbonyl (C=O) groups excluding carboxylic acids is 2. The number of aliphatic hydroxyl groups is 2. The van der Waals surface area contributed by atoms with E-state index in [1.807, 2.05) is 97.2 Å². The predicted octanol–water partition coefficient (Wildman–Crippen LogP) is 5.76. The SMILES string of the molecule is O=C(Nc1ccc(Nc2ccc(N(CCO)C(=O)c3ccc4cc[nH]c4c3)cc2)cc1)c1ccc(N2CCC(O)CC2)cc1. The van der Waals surface area contributed by atoms with E-state index in [-0.39, 0.29) is 31.1 Å². The Kier molecular flexibility index (Phi) is 8.58. The summed E-state index contributed by atoms with van der Waals surface area (Å²) in [6.45, 7) is 1.64. The number of carbonyl (C=O) groups is 2. The maximum Gasteiger partial charge on any atom is 0.258 e. The molecule has 0 radical (unpaired) electrons. The third-order valence-corrected chi connectivity index (χ3v) is 7.94. The smallest absolute Gasteiger partial charge is 0.258 e. The Bertz CT molecular complexity index is 1720. The lowest BCUT2D eigenvalue weighted by atomic mass is 10.1. The monoisotopic (exact) mass is 589 g/mol. The molecule has 0 unspecified atom stereocenters. The van der Waals surface area contributed by atoms with Crippen LogP contribution < -0.4 is 20.4 Å². The summed E-state index contributed by atoms with van der Waals surface area (Å²) < 4.78 is 0. The molecule has 1 aliphatic rings. The molecular formula is C35H35N5O4. The number of hydrogen-bond donors (Lipinski definition) is 5. The lowest BCUT2D eigenvalue weighted by molar-refractivity contribution is 0.0979.